The Balaban J connectivity index is 1.62. The Labute approximate surface area is 165 Å². The summed E-state index contributed by atoms with van der Waals surface area (Å²) in [4.78, 5) is 35.7. The molecule has 2 aliphatic heterocycles. The number of aliphatic imine (C=N–C) groups is 1. The number of amides is 3. The van der Waals surface area contributed by atoms with Crippen LogP contribution < -0.4 is 5.32 Å². The summed E-state index contributed by atoms with van der Waals surface area (Å²) in [6.07, 6.45) is 4.58. The van der Waals surface area contributed by atoms with Crippen molar-refractivity contribution in [3.05, 3.63) is 37.2 Å². The van der Waals surface area contributed by atoms with Gasteiger partial charge in [0.2, 0.25) is 0 Å². The molecule has 0 saturated carbocycles. The number of imide groups is 1. The molecule has 4 rings (SSSR count). The van der Waals surface area contributed by atoms with Crippen LogP contribution in [0.15, 0.2) is 47.3 Å². The number of likely N-dealkylation sites (N-methyl/N-ethyl adjacent to an activating group) is 2. The molecule has 144 valence electrons. The molecule has 3 amide bonds. The van der Waals surface area contributed by atoms with Crippen molar-refractivity contribution in [2.24, 2.45) is 4.99 Å². The minimum Gasteiger partial charge on any atom is -0.349 e. The summed E-state index contributed by atoms with van der Waals surface area (Å²) < 4.78 is 1.89. The minimum atomic E-state index is -0.608. The van der Waals surface area contributed by atoms with Crippen LogP contribution in [0.2, 0.25) is 0 Å². The number of carbonyl (C=O) groups is 2. The fourth-order valence-electron chi connectivity index (χ4n) is 3.10. The van der Waals surface area contributed by atoms with E-state index in [9.17, 15) is 9.59 Å². The molecule has 0 radical (unpaired) electrons. The lowest BCUT2D eigenvalue weighted by Gasteiger charge is -2.36. The number of nitrogens with zero attached hydrogens (tertiary/aromatic N) is 7. The van der Waals surface area contributed by atoms with Crippen molar-refractivity contribution in [3.8, 4) is 11.4 Å². The van der Waals surface area contributed by atoms with E-state index in [0.29, 0.717) is 22.7 Å². The van der Waals surface area contributed by atoms with E-state index in [4.69, 9.17) is 0 Å². The van der Waals surface area contributed by atoms with Crippen LogP contribution in [0.4, 0.5) is 4.79 Å². The van der Waals surface area contributed by atoms with Crippen LogP contribution in [0.1, 0.15) is 0 Å². The first-order valence-corrected chi connectivity index (χ1v) is 9.34. The lowest BCUT2D eigenvalue weighted by molar-refractivity contribution is -0.133. The lowest BCUT2D eigenvalue weighted by atomic mass is 10.1. The van der Waals surface area contributed by atoms with Gasteiger partial charge in [-0.15, -0.1) is 16.8 Å². The molecule has 2 aromatic rings. The summed E-state index contributed by atoms with van der Waals surface area (Å²) in [5, 5.41) is 12.7. The first-order chi connectivity index (χ1) is 13.5. The third-order valence-corrected chi connectivity index (χ3v) is 5.45. The fourth-order valence-corrected chi connectivity index (χ4v) is 3.97. The van der Waals surface area contributed by atoms with E-state index in [2.05, 4.69) is 32.1 Å². The summed E-state index contributed by atoms with van der Waals surface area (Å²) in [6, 6.07) is 2.75. The number of rotatable bonds is 4. The Kier molecular flexibility index (Phi) is 4.59. The predicted octanol–water partition coefficient (Wildman–Crippen LogP) is 0.796. The summed E-state index contributed by atoms with van der Waals surface area (Å²) >= 11 is 1.26. The van der Waals surface area contributed by atoms with Crippen LogP contribution in [0.5, 0.6) is 0 Å². The molecule has 2 atom stereocenters. The molecule has 1 saturated heterocycles. The van der Waals surface area contributed by atoms with Crippen molar-refractivity contribution in [2.45, 2.75) is 23.9 Å². The molecule has 2 aromatic heterocycles. The van der Waals surface area contributed by atoms with Crippen molar-refractivity contribution in [1.82, 2.24) is 34.9 Å². The summed E-state index contributed by atoms with van der Waals surface area (Å²) in [5.74, 6) is 0.352. The van der Waals surface area contributed by atoms with Gasteiger partial charge in [0.15, 0.2) is 22.3 Å². The van der Waals surface area contributed by atoms with Crippen LogP contribution in [-0.2, 0) is 11.3 Å². The Morgan fingerprint density at radius 3 is 2.86 bits per heavy atom. The van der Waals surface area contributed by atoms with Gasteiger partial charge in [-0.2, -0.15) is 0 Å². The number of amidine groups is 1. The topological polar surface area (TPSA) is 109 Å². The van der Waals surface area contributed by atoms with Crippen LogP contribution in [0.3, 0.4) is 0 Å². The SMILES string of the molecule is C=CCn1c(SC2=N[C@@H]3[C@H](N2)C(=O)N(C)C(=O)N3C)nnc1-c1cccnc1. The molecular formula is C17H18N8O2S. The van der Waals surface area contributed by atoms with E-state index in [1.54, 1.807) is 25.5 Å². The number of pyridine rings is 1. The lowest BCUT2D eigenvalue weighted by Crippen LogP contribution is -2.63. The maximum absolute atomic E-state index is 12.4. The van der Waals surface area contributed by atoms with Gasteiger partial charge in [0.05, 0.1) is 0 Å². The quantitative estimate of drug-likeness (QED) is 0.759. The molecule has 0 unspecified atom stereocenters. The van der Waals surface area contributed by atoms with Gasteiger partial charge in [0.1, 0.15) is 6.04 Å². The molecule has 11 heteroatoms. The van der Waals surface area contributed by atoms with E-state index in [0.717, 1.165) is 10.5 Å². The molecule has 1 N–H and O–H groups in total. The molecule has 0 aliphatic carbocycles. The molecule has 28 heavy (non-hydrogen) atoms. The highest BCUT2D eigenvalue weighted by Crippen LogP contribution is 2.28. The smallest absolute Gasteiger partial charge is 0.328 e. The van der Waals surface area contributed by atoms with Crippen LogP contribution in [-0.4, -0.2) is 73.0 Å². The maximum atomic E-state index is 12.4. The standard InChI is InChI=1S/C17H18N8O2S/c1-4-8-25-12(10-6-5-7-18-9-10)21-22-16(25)28-15-19-11-13(20-15)23(2)17(27)24(3)14(11)26/h4-7,9,11,13H,1,8H2,2-3H3,(H,19,20)/t11-,13-/m0/s1. The first kappa shape index (κ1) is 18.2. The molecule has 0 spiro atoms. The van der Waals surface area contributed by atoms with Gasteiger partial charge in [-0.3, -0.25) is 19.2 Å². The molecule has 1 fully saturated rings. The van der Waals surface area contributed by atoms with Crippen molar-refractivity contribution in [2.75, 3.05) is 14.1 Å². The average molecular weight is 398 g/mol. The second-order valence-corrected chi connectivity index (χ2v) is 7.27. The second-order valence-electron chi connectivity index (χ2n) is 6.31. The number of urea groups is 1. The Morgan fingerprint density at radius 1 is 1.32 bits per heavy atom. The highest BCUT2D eigenvalue weighted by Gasteiger charge is 2.47. The Bertz CT molecular complexity index is 973. The van der Waals surface area contributed by atoms with Gasteiger partial charge >= 0.3 is 6.03 Å². The van der Waals surface area contributed by atoms with E-state index in [1.165, 1.54) is 23.7 Å². The van der Waals surface area contributed by atoms with Crippen molar-refractivity contribution in [3.63, 3.8) is 0 Å². The van der Waals surface area contributed by atoms with E-state index in [-0.39, 0.29) is 11.9 Å². The van der Waals surface area contributed by atoms with Crippen LogP contribution >= 0.6 is 11.8 Å². The molecule has 2 aliphatic rings. The van der Waals surface area contributed by atoms with Gasteiger partial charge in [-0.05, 0) is 23.9 Å². The van der Waals surface area contributed by atoms with Crippen LogP contribution in [0, 0.1) is 0 Å². The van der Waals surface area contributed by atoms with Gasteiger partial charge in [-0.25, -0.2) is 9.79 Å². The Morgan fingerprint density at radius 2 is 2.14 bits per heavy atom. The number of aromatic nitrogens is 4. The normalized spacial score (nSPS) is 21.4. The zero-order valence-electron chi connectivity index (χ0n) is 15.3. The predicted molar refractivity (Wildman–Crippen MR) is 103 cm³/mol. The minimum absolute atomic E-state index is 0.309. The van der Waals surface area contributed by atoms with Gasteiger partial charge < -0.3 is 10.2 Å². The zero-order valence-corrected chi connectivity index (χ0v) is 16.1. The molecule has 0 aromatic carbocycles. The molecule has 10 nitrogen and oxygen atoms in total. The molecule has 0 bridgehead atoms. The zero-order chi connectivity index (χ0) is 19.8. The Hall–Kier alpha value is -3.21. The molecular weight excluding hydrogens is 380 g/mol. The van der Waals surface area contributed by atoms with Crippen molar-refractivity contribution < 1.29 is 9.59 Å². The van der Waals surface area contributed by atoms with Crippen molar-refractivity contribution in [1.29, 1.82) is 0 Å². The number of thioether (sulfide) groups is 1. The number of fused-ring (bicyclic) bond motifs is 1. The van der Waals surface area contributed by atoms with E-state index >= 15 is 0 Å². The number of hydrogen-bond donors (Lipinski definition) is 1. The van der Waals surface area contributed by atoms with E-state index in [1.807, 2.05) is 16.7 Å². The highest BCUT2D eigenvalue weighted by atomic mass is 32.2. The fraction of sp³-hybridized carbons (Fsp3) is 0.294. The third-order valence-electron chi connectivity index (χ3n) is 4.54. The van der Waals surface area contributed by atoms with Gasteiger partial charge in [-0.1, -0.05) is 6.08 Å². The average Bonchev–Trinajstić information content (AvgIpc) is 3.31. The third kappa shape index (κ3) is 2.93. The van der Waals surface area contributed by atoms with Crippen LogP contribution in [0.25, 0.3) is 11.4 Å². The summed E-state index contributed by atoms with van der Waals surface area (Å²) in [5.41, 5.74) is 0.834. The van der Waals surface area contributed by atoms with Crippen molar-refractivity contribution >= 4 is 28.9 Å². The molecule has 4 heterocycles. The monoisotopic (exact) mass is 398 g/mol. The highest BCUT2D eigenvalue weighted by molar-refractivity contribution is 8.13. The number of hydrogen-bond acceptors (Lipinski definition) is 8. The summed E-state index contributed by atoms with van der Waals surface area (Å²) in [7, 11) is 3.09. The second kappa shape index (κ2) is 7.08. The summed E-state index contributed by atoms with van der Waals surface area (Å²) in [6.45, 7) is 4.30. The van der Waals surface area contributed by atoms with E-state index < -0.39 is 12.2 Å². The van der Waals surface area contributed by atoms with Gasteiger partial charge in [0.25, 0.3) is 5.91 Å². The first-order valence-electron chi connectivity index (χ1n) is 8.52. The largest absolute Gasteiger partial charge is 0.349 e. The number of allylic oxidation sites excluding steroid dienone is 1. The number of carbonyl (C=O) groups excluding carboxylic acids is 2. The maximum Gasteiger partial charge on any atom is 0.328 e. The number of nitrogens with one attached hydrogen (secondary N) is 1. The van der Waals surface area contributed by atoms with Gasteiger partial charge in [0, 0.05) is 38.6 Å².